The largest absolute Gasteiger partial charge is 0.477 e. The molecule has 2 aromatic rings. The van der Waals surface area contributed by atoms with Crippen LogP contribution < -0.4 is 5.32 Å². The van der Waals surface area contributed by atoms with E-state index in [1.165, 1.54) is 47.4 Å². The van der Waals surface area contributed by atoms with E-state index in [4.69, 9.17) is 0 Å². The summed E-state index contributed by atoms with van der Waals surface area (Å²) in [6, 6.07) is 5.69. The maximum Gasteiger partial charge on any atom is 0.352 e. The molecule has 2 aliphatic heterocycles. The van der Waals surface area contributed by atoms with E-state index in [2.05, 4.69) is 5.32 Å². The summed E-state index contributed by atoms with van der Waals surface area (Å²) in [4.78, 5) is 59.8. The summed E-state index contributed by atoms with van der Waals surface area (Å²) in [5.74, 6) is -2.84. The van der Waals surface area contributed by atoms with E-state index in [9.17, 15) is 39.7 Å². The minimum atomic E-state index is -1.22. The fourth-order valence-corrected chi connectivity index (χ4v) is 5.70. The van der Waals surface area contributed by atoms with Crippen molar-refractivity contribution in [2.45, 2.75) is 17.3 Å². The van der Waals surface area contributed by atoms with Crippen molar-refractivity contribution in [1.29, 1.82) is 0 Å². The van der Waals surface area contributed by atoms with Crippen molar-refractivity contribution < 1.29 is 29.3 Å². The monoisotopic (exact) mass is 516 g/mol. The van der Waals surface area contributed by atoms with E-state index in [1.807, 2.05) is 0 Å². The SMILES string of the molecule is O=C(O)C1=CCSC2C(NC(=O)C(C=Cc3ccc([N+](=O)[O-])cc3[N+](=O)[O-])c3cccs3)C(=O)N12. The fraction of sp³-hybridized carbons (Fsp3) is 0.190. The number of rotatable bonds is 8. The molecule has 3 heterocycles. The molecule has 3 atom stereocenters. The van der Waals surface area contributed by atoms with Crippen LogP contribution in [0.5, 0.6) is 0 Å². The Kier molecular flexibility index (Phi) is 6.66. The number of benzene rings is 1. The molecule has 180 valence electrons. The number of nitro benzene ring substituents is 2. The number of carboxylic acid groups (broad SMARTS) is 1. The first-order chi connectivity index (χ1) is 16.7. The van der Waals surface area contributed by atoms with Gasteiger partial charge in [0.2, 0.25) is 5.91 Å². The van der Waals surface area contributed by atoms with Gasteiger partial charge in [0.1, 0.15) is 17.1 Å². The van der Waals surface area contributed by atoms with Crippen LogP contribution in [0.25, 0.3) is 6.08 Å². The molecule has 3 unspecified atom stereocenters. The second kappa shape index (κ2) is 9.68. The Morgan fingerprint density at radius 1 is 1.23 bits per heavy atom. The number of fused-ring (bicyclic) bond motifs is 1. The Balaban J connectivity index is 1.57. The number of aliphatic carboxylic acids is 1. The Bertz CT molecular complexity index is 1290. The molecule has 1 fully saturated rings. The lowest BCUT2D eigenvalue weighted by atomic mass is 10.0. The summed E-state index contributed by atoms with van der Waals surface area (Å²) in [5, 5.41) is 35.5. The van der Waals surface area contributed by atoms with Gasteiger partial charge in [0.25, 0.3) is 17.3 Å². The molecular weight excluding hydrogens is 500 g/mol. The molecule has 0 spiro atoms. The Labute approximate surface area is 205 Å². The minimum absolute atomic E-state index is 0.0694. The number of nitro groups is 2. The van der Waals surface area contributed by atoms with Gasteiger partial charge in [-0.3, -0.25) is 34.7 Å². The highest BCUT2D eigenvalue weighted by atomic mass is 32.2. The summed E-state index contributed by atoms with van der Waals surface area (Å²) < 4.78 is 0. The summed E-state index contributed by atoms with van der Waals surface area (Å²) in [7, 11) is 0. The van der Waals surface area contributed by atoms with Crippen LogP contribution >= 0.6 is 23.1 Å². The molecule has 2 N–H and O–H groups in total. The third-order valence-electron chi connectivity index (χ3n) is 5.39. The van der Waals surface area contributed by atoms with Crippen molar-refractivity contribution in [2.75, 3.05) is 5.75 Å². The number of hydrogen-bond donors (Lipinski definition) is 2. The number of non-ortho nitro benzene ring substituents is 1. The maximum atomic E-state index is 13.2. The third-order valence-corrected chi connectivity index (χ3v) is 7.52. The number of β-lactam (4-membered cyclic amide) rings is 1. The second-order valence-corrected chi connectivity index (χ2v) is 9.55. The molecular formula is C21H16N4O8S2. The normalized spacial score (nSPS) is 19.9. The van der Waals surface area contributed by atoms with Crippen LogP contribution in [0.4, 0.5) is 11.4 Å². The topological polar surface area (TPSA) is 173 Å². The molecule has 2 amide bonds. The minimum Gasteiger partial charge on any atom is -0.477 e. The summed E-state index contributed by atoms with van der Waals surface area (Å²) in [6.45, 7) is 0. The summed E-state index contributed by atoms with van der Waals surface area (Å²) in [5.41, 5.74) is -0.976. The van der Waals surface area contributed by atoms with Gasteiger partial charge in [-0.15, -0.1) is 23.1 Å². The molecule has 0 saturated carbocycles. The van der Waals surface area contributed by atoms with Gasteiger partial charge < -0.3 is 10.4 Å². The summed E-state index contributed by atoms with van der Waals surface area (Å²) >= 11 is 2.59. The highest BCUT2D eigenvalue weighted by Crippen LogP contribution is 2.38. The number of thioether (sulfide) groups is 1. The number of amides is 2. The fourth-order valence-electron chi connectivity index (χ4n) is 3.71. The predicted molar refractivity (Wildman–Crippen MR) is 127 cm³/mol. The predicted octanol–water partition coefficient (Wildman–Crippen LogP) is 2.73. The van der Waals surface area contributed by atoms with Crippen LogP contribution in [0, 0.1) is 20.2 Å². The van der Waals surface area contributed by atoms with Gasteiger partial charge in [0.05, 0.1) is 27.4 Å². The van der Waals surface area contributed by atoms with E-state index in [0.29, 0.717) is 10.6 Å². The Hall–Kier alpha value is -4.04. The van der Waals surface area contributed by atoms with Crippen LogP contribution in [-0.2, 0) is 14.4 Å². The van der Waals surface area contributed by atoms with Crippen LogP contribution in [-0.4, -0.2) is 54.8 Å². The van der Waals surface area contributed by atoms with Gasteiger partial charge in [-0.2, -0.15) is 0 Å². The quantitative estimate of drug-likeness (QED) is 0.304. The molecule has 14 heteroatoms. The van der Waals surface area contributed by atoms with Crippen molar-refractivity contribution in [3.05, 3.63) is 84.2 Å². The van der Waals surface area contributed by atoms with Gasteiger partial charge in [-0.25, -0.2) is 4.79 Å². The number of carbonyl (C=O) groups excluding carboxylic acids is 2. The van der Waals surface area contributed by atoms with Crippen molar-refractivity contribution in [1.82, 2.24) is 10.2 Å². The van der Waals surface area contributed by atoms with Gasteiger partial charge in [0, 0.05) is 16.7 Å². The average molecular weight is 517 g/mol. The third kappa shape index (κ3) is 4.65. The molecule has 1 saturated heterocycles. The number of nitrogens with one attached hydrogen (secondary N) is 1. The highest BCUT2D eigenvalue weighted by Gasteiger charge is 2.53. The zero-order chi connectivity index (χ0) is 25.3. The van der Waals surface area contributed by atoms with E-state index >= 15 is 0 Å². The van der Waals surface area contributed by atoms with Crippen LogP contribution in [0.3, 0.4) is 0 Å². The number of nitrogens with zero attached hydrogens (tertiary/aromatic N) is 3. The molecule has 0 bridgehead atoms. The van der Waals surface area contributed by atoms with Crippen LogP contribution in [0.2, 0.25) is 0 Å². The van der Waals surface area contributed by atoms with Gasteiger partial charge >= 0.3 is 5.97 Å². The summed E-state index contributed by atoms with van der Waals surface area (Å²) in [6.07, 6.45) is 4.20. The lowest BCUT2D eigenvalue weighted by Gasteiger charge is -2.48. The maximum absolute atomic E-state index is 13.2. The zero-order valence-corrected chi connectivity index (χ0v) is 19.2. The molecule has 0 radical (unpaired) electrons. The number of carboxylic acids is 1. The molecule has 35 heavy (non-hydrogen) atoms. The lowest BCUT2D eigenvalue weighted by molar-refractivity contribution is -0.394. The van der Waals surface area contributed by atoms with E-state index in [0.717, 1.165) is 17.0 Å². The van der Waals surface area contributed by atoms with Crippen LogP contribution in [0.15, 0.2) is 53.6 Å². The van der Waals surface area contributed by atoms with Gasteiger partial charge in [0.15, 0.2) is 0 Å². The standard InChI is InChI=1S/C21H16N4O8S2/c26-18(22-17-19(27)23-14(21(28)29)7-9-35-20(17)23)13(16-2-1-8-34-16)6-4-11-3-5-12(24(30)31)10-15(11)25(32)33/h1-8,10,13,17,20H,9H2,(H,22,26)(H,28,29). The Morgan fingerprint density at radius 2 is 2.00 bits per heavy atom. The van der Waals surface area contributed by atoms with Crippen molar-refractivity contribution in [2.24, 2.45) is 0 Å². The van der Waals surface area contributed by atoms with E-state index in [-0.39, 0.29) is 11.3 Å². The van der Waals surface area contributed by atoms with E-state index in [1.54, 1.807) is 17.5 Å². The van der Waals surface area contributed by atoms with Crippen molar-refractivity contribution in [3.63, 3.8) is 0 Å². The number of thiophene rings is 1. The molecule has 1 aromatic heterocycles. The Morgan fingerprint density at radius 3 is 2.63 bits per heavy atom. The first-order valence-corrected chi connectivity index (χ1v) is 11.9. The van der Waals surface area contributed by atoms with Crippen LogP contribution in [0.1, 0.15) is 16.4 Å². The zero-order valence-electron chi connectivity index (χ0n) is 17.6. The lowest BCUT2D eigenvalue weighted by Crippen LogP contribution is -2.70. The van der Waals surface area contributed by atoms with Gasteiger partial charge in [-0.05, 0) is 23.6 Å². The van der Waals surface area contributed by atoms with Crippen molar-refractivity contribution in [3.8, 4) is 0 Å². The molecule has 0 aliphatic carbocycles. The first kappa shape index (κ1) is 24.1. The highest BCUT2D eigenvalue weighted by molar-refractivity contribution is 8.00. The second-order valence-electron chi connectivity index (χ2n) is 7.42. The number of hydrogen-bond acceptors (Lipinski definition) is 9. The molecule has 1 aromatic carbocycles. The molecule has 2 aliphatic rings. The van der Waals surface area contributed by atoms with E-state index < -0.39 is 56.3 Å². The first-order valence-electron chi connectivity index (χ1n) is 10.0. The molecule has 4 rings (SSSR count). The average Bonchev–Trinajstić information content (AvgIpc) is 3.36. The smallest absolute Gasteiger partial charge is 0.352 e. The molecule has 12 nitrogen and oxygen atoms in total. The van der Waals surface area contributed by atoms with Gasteiger partial charge in [-0.1, -0.05) is 18.2 Å². The number of carbonyl (C=O) groups is 3. The van der Waals surface area contributed by atoms with Crippen molar-refractivity contribution >= 4 is 58.3 Å².